The monoisotopic (exact) mass is 594 g/mol. The molecule has 0 aliphatic carbocycles. The predicted octanol–water partition coefficient (Wildman–Crippen LogP) is 6.08. The Morgan fingerprint density at radius 3 is 1.90 bits per heavy atom. The number of hydrogen-bond acceptors (Lipinski definition) is 5. The second-order valence-electron chi connectivity index (χ2n) is 12.3. The van der Waals surface area contributed by atoms with Crippen LogP contribution in [0.15, 0.2) is 89.8 Å². The number of sulfone groups is 1. The largest absolute Gasteiger partial charge is 0.407 e. The highest BCUT2D eigenvalue weighted by molar-refractivity contribution is 7.92. The maximum atomic E-state index is 13.7. The SMILES string of the molecule is COCC[C@@H]1CCC(S(=O)(=O)c2ccc(C)cc2)C[C@@H](CCO[Si](c2ccccc2)(c2ccccc2)C(C)(C)C)O1. The topological polar surface area (TPSA) is 61.8 Å². The third-order valence-corrected chi connectivity index (χ3v) is 15.6. The van der Waals surface area contributed by atoms with Crippen molar-refractivity contribution < 1.29 is 22.3 Å². The fourth-order valence-electron chi connectivity index (χ4n) is 6.13. The Labute approximate surface area is 248 Å². The first kappa shape index (κ1) is 31.6. The van der Waals surface area contributed by atoms with Crippen LogP contribution in [0.2, 0.25) is 5.04 Å². The maximum absolute atomic E-state index is 13.7. The van der Waals surface area contributed by atoms with Crippen molar-refractivity contribution in [2.45, 2.75) is 87.2 Å². The average molecular weight is 595 g/mol. The van der Waals surface area contributed by atoms with E-state index in [1.165, 1.54) is 10.4 Å². The highest BCUT2D eigenvalue weighted by Gasteiger charge is 2.50. The number of methoxy groups -OCH3 is 1. The highest BCUT2D eigenvalue weighted by Crippen LogP contribution is 2.37. The fourth-order valence-corrected chi connectivity index (χ4v) is 12.5. The first-order chi connectivity index (χ1) is 19.6. The third kappa shape index (κ3) is 7.38. The van der Waals surface area contributed by atoms with Crippen LogP contribution in [0.5, 0.6) is 0 Å². The van der Waals surface area contributed by atoms with Crippen molar-refractivity contribution in [2.24, 2.45) is 0 Å². The van der Waals surface area contributed by atoms with Crippen molar-refractivity contribution in [3.8, 4) is 0 Å². The summed E-state index contributed by atoms with van der Waals surface area (Å²) in [6.07, 6.45) is 2.87. The van der Waals surface area contributed by atoms with Crippen LogP contribution in [0.1, 0.15) is 58.4 Å². The van der Waals surface area contributed by atoms with E-state index in [9.17, 15) is 8.42 Å². The Hall–Kier alpha value is -2.29. The minimum absolute atomic E-state index is 0.0361. The van der Waals surface area contributed by atoms with Gasteiger partial charge in [0.1, 0.15) is 0 Å². The Balaban J connectivity index is 1.60. The molecule has 3 aromatic rings. The molecule has 222 valence electrons. The molecule has 1 unspecified atom stereocenters. The molecule has 1 heterocycles. The lowest BCUT2D eigenvalue weighted by Crippen LogP contribution is -2.66. The molecule has 1 aliphatic heterocycles. The molecule has 41 heavy (non-hydrogen) atoms. The highest BCUT2D eigenvalue weighted by atomic mass is 32.2. The summed E-state index contributed by atoms with van der Waals surface area (Å²) in [5.41, 5.74) is 1.05. The molecule has 0 aromatic heterocycles. The van der Waals surface area contributed by atoms with Crippen molar-refractivity contribution in [3.05, 3.63) is 90.5 Å². The van der Waals surface area contributed by atoms with Gasteiger partial charge in [0.05, 0.1) is 22.4 Å². The average Bonchev–Trinajstić information content (AvgIpc) is 3.17. The van der Waals surface area contributed by atoms with Gasteiger partial charge < -0.3 is 13.9 Å². The number of ether oxygens (including phenoxy) is 2. The molecule has 0 radical (unpaired) electrons. The van der Waals surface area contributed by atoms with Crippen molar-refractivity contribution in [1.82, 2.24) is 0 Å². The first-order valence-corrected chi connectivity index (χ1v) is 18.2. The number of aryl methyl sites for hydroxylation is 1. The van der Waals surface area contributed by atoms with E-state index in [1.807, 2.05) is 31.2 Å². The summed E-state index contributed by atoms with van der Waals surface area (Å²) in [6.45, 7) is 9.86. The maximum Gasteiger partial charge on any atom is 0.261 e. The van der Waals surface area contributed by atoms with Crippen LogP contribution in [0.3, 0.4) is 0 Å². The summed E-state index contributed by atoms with van der Waals surface area (Å²) in [4.78, 5) is 0.394. The molecule has 5 nitrogen and oxygen atoms in total. The van der Waals surface area contributed by atoms with Gasteiger partial charge in [-0.2, -0.15) is 0 Å². The number of hydrogen-bond donors (Lipinski definition) is 0. The van der Waals surface area contributed by atoms with Gasteiger partial charge in [-0.05, 0) is 66.6 Å². The molecule has 0 amide bonds. The van der Waals surface area contributed by atoms with E-state index in [0.717, 1.165) is 12.0 Å². The number of benzene rings is 3. The molecule has 1 fully saturated rings. The van der Waals surface area contributed by atoms with Crippen LogP contribution in [-0.4, -0.2) is 54.5 Å². The quantitative estimate of drug-likeness (QED) is 0.252. The van der Waals surface area contributed by atoms with E-state index in [2.05, 4.69) is 69.3 Å². The van der Waals surface area contributed by atoms with E-state index >= 15 is 0 Å². The molecule has 0 saturated carbocycles. The summed E-state index contributed by atoms with van der Waals surface area (Å²) in [7, 11) is -4.48. The number of rotatable bonds is 11. The van der Waals surface area contributed by atoms with Gasteiger partial charge in [0.2, 0.25) is 0 Å². The minimum Gasteiger partial charge on any atom is -0.407 e. The lowest BCUT2D eigenvalue weighted by atomic mass is 10.1. The van der Waals surface area contributed by atoms with Gasteiger partial charge >= 0.3 is 0 Å². The Kier molecular flexibility index (Phi) is 10.6. The summed E-state index contributed by atoms with van der Waals surface area (Å²) in [5.74, 6) is 0. The van der Waals surface area contributed by atoms with E-state index < -0.39 is 23.4 Å². The van der Waals surface area contributed by atoms with Crippen LogP contribution in [0.4, 0.5) is 0 Å². The van der Waals surface area contributed by atoms with Crippen LogP contribution in [0, 0.1) is 6.92 Å². The van der Waals surface area contributed by atoms with Crippen molar-refractivity contribution in [2.75, 3.05) is 20.3 Å². The van der Waals surface area contributed by atoms with E-state index in [0.29, 0.717) is 43.8 Å². The Bertz CT molecular complexity index is 1280. The molecule has 0 N–H and O–H groups in total. The Morgan fingerprint density at radius 1 is 0.805 bits per heavy atom. The van der Waals surface area contributed by atoms with E-state index in [1.54, 1.807) is 19.2 Å². The van der Waals surface area contributed by atoms with Gasteiger partial charge in [-0.3, -0.25) is 0 Å². The van der Waals surface area contributed by atoms with Gasteiger partial charge in [-0.1, -0.05) is 99.1 Å². The normalized spacial score (nSPS) is 20.5. The van der Waals surface area contributed by atoms with Crippen LogP contribution >= 0.6 is 0 Å². The summed E-state index contributed by atoms with van der Waals surface area (Å²) in [6, 6.07) is 28.4. The smallest absolute Gasteiger partial charge is 0.261 e. The molecule has 7 heteroatoms. The molecular weight excluding hydrogens is 549 g/mol. The van der Waals surface area contributed by atoms with Gasteiger partial charge in [0, 0.05) is 20.3 Å². The summed E-state index contributed by atoms with van der Waals surface area (Å²) >= 11 is 0. The van der Waals surface area contributed by atoms with Crippen LogP contribution < -0.4 is 10.4 Å². The molecule has 1 saturated heterocycles. The Morgan fingerprint density at radius 2 is 1.37 bits per heavy atom. The van der Waals surface area contributed by atoms with Crippen molar-refractivity contribution in [3.63, 3.8) is 0 Å². The zero-order valence-electron chi connectivity index (χ0n) is 25.2. The third-order valence-electron chi connectivity index (χ3n) is 8.33. The lowest BCUT2D eigenvalue weighted by Gasteiger charge is -2.43. The lowest BCUT2D eigenvalue weighted by molar-refractivity contribution is -0.0306. The van der Waals surface area contributed by atoms with Gasteiger partial charge in [-0.15, -0.1) is 0 Å². The van der Waals surface area contributed by atoms with Crippen molar-refractivity contribution in [1.29, 1.82) is 0 Å². The van der Waals surface area contributed by atoms with E-state index in [4.69, 9.17) is 13.9 Å². The molecule has 3 aromatic carbocycles. The molecular formula is C34H46O5SSi. The zero-order valence-corrected chi connectivity index (χ0v) is 27.0. The van der Waals surface area contributed by atoms with Gasteiger partial charge in [0.25, 0.3) is 8.32 Å². The van der Waals surface area contributed by atoms with Gasteiger partial charge in [0.15, 0.2) is 9.84 Å². The molecule has 3 atom stereocenters. The van der Waals surface area contributed by atoms with E-state index in [-0.39, 0.29) is 17.2 Å². The molecule has 4 rings (SSSR count). The molecule has 0 bridgehead atoms. The minimum atomic E-state index is -3.49. The predicted molar refractivity (Wildman–Crippen MR) is 169 cm³/mol. The second-order valence-corrected chi connectivity index (χ2v) is 18.8. The summed E-state index contributed by atoms with van der Waals surface area (Å²) < 4.78 is 46.6. The molecule has 1 aliphatic rings. The second kappa shape index (κ2) is 13.8. The van der Waals surface area contributed by atoms with Crippen LogP contribution in [0.25, 0.3) is 0 Å². The van der Waals surface area contributed by atoms with Crippen LogP contribution in [-0.2, 0) is 23.7 Å². The summed E-state index contributed by atoms with van der Waals surface area (Å²) in [5, 5.41) is 1.85. The first-order valence-electron chi connectivity index (χ1n) is 14.8. The molecule has 0 spiro atoms. The fraction of sp³-hybridized carbons (Fsp3) is 0.471. The zero-order chi connectivity index (χ0) is 29.5. The van der Waals surface area contributed by atoms with Crippen molar-refractivity contribution >= 4 is 28.5 Å². The standard InChI is InChI=1S/C34H46O5SSi/c1-27-16-19-30(20-17-27)40(35,36)31-21-18-28(22-24-37-5)39-29(26-31)23-25-38-41(34(2,3)4,32-12-8-6-9-13-32)33-14-10-7-11-15-33/h6-17,19-20,28-29,31H,18,21-26H2,1-5H3/t28-,29+,31?/m0/s1. The van der Waals surface area contributed by atoms with Gasteiger partial charge in [-0.25, -0.2) is 8.42 Å².